The van der Waals surface area contributed by atoms with Crippen molar-refractivity contribution in [2.75, 3.05) is 0 Å². The number of rotatable bonds is 5. The average Bonchev–Trinajstić information content (AvgIpc) is 3.06. The molecule has 0 bridgehead atoms. The fraction of sp³-hybridized carbons (Fsp3) is 0.815. The third-order valence-corrected chi connectivity index (χ3v) is 9.75. The van der Waals surface area contributed by atoms with Crippen LogP contribution in [0, 0.1) is 34.5 Å². The van der Waals surface area contributed by atoms with E-state index >= 15 is 0 Å². The molecule has 0 spiro atoms. The Morgan fingerprint density at radius 1 is 1.12 bits per heavy atom. The van der Waals surface area contributed by atoms with Crippen LogP contribution in [-0.2, 0) is 4.79 Å². The van der Waals surface area contributed by atoms with Crippen molar-refractivity contribution in [3.8, 4) is 0 Å². The van der Waals surface area contributed by atoms with Crippen LogP contribution in [0.25, 0.3) is 0 Å². The van der Waals surface area contributed by atoms with Crippen molar-refractivity contribution >= 4 is 5.78 Å². The van der Waals surface area contributed by atoms with Gasteiger partial charge in [-0.1, -0.05) is 33.8 Å². The molecule has 0 saturated heterocycles. The maximum atomic E-state index is 13.2. The maximum Gasteiger partial charge on any atom is 0.160 e. The van der Waals surface area contributed by atoms with E-state index in [9.17, 15) is 25.2 Å². The van der Waals surface area contributed by atoms with Gasteiger partial charge in [0.2, 0.25) is 0 Å². The van der Waals surface area contributed by atoms with E-state index in [2.05, 4.69) is 33.8 Å². The van der Waals surface area contributed by atoms with E-state index in [4.69, 9.17) is 0 Å². The number of hydrogen-bond acceptors (Lipinski definition) is 5. The Bertz CT molecular complexity index is 826. The highest BCUT2D eigenvalue weighted by atomic mass is 16.3. The molecule has 0 aromatic heterocycles. The van der Waals surface area contributed by atoms with Crippen molar-refractivity contribution in [2.45, 2.75) is 103 Å². The third kappa shape index (κ3) is 3.55. The summed E-state index contributed by atoms with van der Waals surface area (Å²) in [6.07, 6.45) is 6.27. The maximum absolute atomic E-state index is 13.2. The molecule has 5 nitrogen and oxygen atoms in total. The highest BCUT2D eigenvalue weighted by molar-refractivity contribution is 5.96. The van der Waals surface area contributed by atoms with Crippen molar-refractivity contribution in [1.29, 1.82) is 0 Å². The van der Waals surface area contributed by atoms with Crippen LogP contribution in [-0.4, -0.2) is 50.1 Å². The Hall–Kier alpha value is -1.01. The van der Waals surface area contributed by atoms with Crippen LogP contribution in [0.4, 0.5) is 0 Å². The van der Waals surface area contributed by atoms with Crippen LogP contribution in [0.2, 0.25) is 0 Å². The number of carbonyl (C=O) groups excluding carboxylic acids is 1. The van der Waals surface area contributed by atoms with Crippen LogP contribution >= 0.6 is 0 Å². The number of fused-ring (bicyclic) bond motifs is 5. The van der Waals surface area contributed by atoms with Crippen molar-refractivity contribution < 1.29 is 25.2 Å². The van der Waals surface area contributed by atoms with Gasteiger partial charge in [0.15, 0.2) is 5.78 Å². The second kappa shape index (κ2) is 8.04. The molecule has 0 unspecified atom stereocenters. The summed E-state index contributed by atoms with van der Waals surface area (Å²) in [6, 6.07) is 0. The highest BCUT2D eigenvalue weighted by Gasteiger charge is 2.60. The normalized spacial score (nSPS) is 44.2. The monoisotopic (exact) mass is 446 g/mol. The smallest absolute Gasteiger partial charge is 0.160 e. The SMILES string of the molecule is CC(C)CC[C@@H](O)[C@](C)(O)[C@H]1CC[C@H]2C3=CC(=O)[C@@H]4C[C@@H](O)[C@@H](O)C[C@]4(C)C3=CC[C@]12C. The van der Waals surface area contributed by atoms with Gasteiger partial charge in [0.25, 0.3) is 0 Å². The van der Waals surface area contributed by atoms with Gasteiger partial charge in [0.05, 0.1) is 23.9 Å². The molecule has 0 heterocycles. The molecule has 9 atom stereocenters. The van der Waals surface area contributed by atoms with Gasteiger partial charge in [-0.2, -0.15) is 0 Å². The summed E-state index contributed by atoms with van der Waals surface area (Å²) in [5.41, 5.74) is 0.365. The fourth-order valence-corrected chi connectivity index (χ4v) is 7.73. The molecule has 0 aliphatic heterocycles. The topological polar surface area (TPSA) is 98.0 Å². The summed E-state index contributed by atoms with van der Waals surface area (Å²) in [5, 5.41) is 43.1. The molecule has 0 radical (unpaired) electrons. The van der Waals surface area contributed by atoms with E-state index < -0.39 is 29.3 Å². The van der Waals surface area contributed by atoms with Crippen LogP contribution in [0.15, 0.2) is 23.3 Å². The first-order valence-electron chi connectivity index (χ1n) is 12.6. The van der Waals surface area contributed by atoms with E-state index in [0.717, 1.165) is 36.8 Å². The summed E-state index contributed by atoms with van der Waals surface area (Å²) in [4.78, 5) is 13.2. The standard InChI is InChI=1S/C27H42O5/c1-15(2)6-9-24(31)27(5,32)23-8-7-17-16-12-20(28)19-13-21(29)22(30)14-26(19,4)18(16)10-11-25(17,23)3/h10,12,15,17,19,21-24,29-32H,6-9,11,13-14H2,1-5H3/t17-,19-,21+,22-,23-,24+,25-,26+,27+/m0/s1. The van der Waals surface area contributed by atoms with Gasteiger partial charge in [0.1, 0.15) is 0 Å². The lowest BCUT2D eigenvalue weighted by Crippen LogP contribution is -2.54. The molecular weight excluding hydrogens is 404 g/mol. The molecule has 4 N–H and O–H groups in total. The number of aliphatic hydroxyl groups is 4. The quantitative estimate of drug-likeness (QED) is 0.518. The molecule has 4 aliphatic rings. The van der Waals surface area contributed by atoms with Crippen molar-refractivity contribution in [2.24, 2.45) is 34.5 Å². The number of carbonyl (C=O) groups is 1. The van der Waals surface area contributed by atoms with E-state index in [-0.39, 0.29) is 29.0 Å². The molecule has 4 aliphatic carbocycles. The second-order valence-electron chi connectivity index (χ2n) is 12.3. The zero-order valence-electron chi connectivity index (χ0n) is 20.3. The van der Waals surface area contributed by atoms with E-state index in [1.807, 2.05) is 0 Å². The first-order valence-corrected chi connectivity index (χ1v) is 12.6. The highest BCUT2D eigenvalue weighted by Crippen LogP contribution is 2.65. The van der Waals surface area contributed by atoms with Gasteiger partial charge in [-0.05, 0) is 92.3 Å². The molecule has 0 aromatic rings. The van der Waals surface area contributed by atoms with Gasteiger partial charge in [-0.15, -0.1) is 0 Å². The van der Waals surface area contributed by atoms with Crippen LogP contribution in [0.1, 0.15) is 79.6 Å². The lowest BCUT2D eigenvalue weighted by molar-refractivity contribution is -0.135. The summed E-state index contributed by atoms with van der Waals surface area (Å²) in [6.45, 7) is 10.3. The molecule has 0 amide bonds. The molecular formula is C27H42O5. The van der Waals surface area contributed by atoms with Gasteiger partial charge >= 0.3 is 0 Å². The Kier molecular flexibility index (Phi) is 6.06. The molecule has 32 heavy (non-hydrogen) atoms. The van der Waals surface area contributed by atoms with E-state index in [0.29, 0.717) is 25.2 Å². The second-order valence-corrected chi connectivity index (χ2v) is 12.3. The number of hydrogen-bond donors (Lipinski definition) is 4. The lowest BCUT2D eigenvalue weighted by atomic mass is 9.50. The van der Waals surface area contributed by atoms with Crippen molar-refractivity contribution in [3.05, 3.63) is 23.3 Å². The van der Waals surface area contributed by atoms with E-state index in [1.165, 1.54) is 0 Å². The first-order chi connectivity index (χ1) is 14.8. The summed E-state index contributed by atoms with van der Waals surface area (Å²) < 4.78 is 0. The molecule has 180 valence electrons. The number of ketones is 1. The molecule has 0 aromatic carbocycles. The Labute approximate surface area is 192 Å². The average molecular weight is 447 g/mol. The molecule has 5 heteroatoms. The predicted octanol–water partition coefficient (Wildman–Crippen LogP) is 3.54. The summed E-state index contributed by atoms with van der Waals surface area (Å²) in [5.74, 6) is 0.340. The minimum absolute atomic E-state index is 0.0553. The van der Waals surface area contributed by atoms with Crippen LogP contribution in [0.5, 0.6) is 0 Å². The summed E-state index contributed by atoms with van der Waals surface area (Å²) >= 11 is 0. The zero-order valence-corrected chi connectivity index (χ0v) is 20.3. The molecule has 4 rings (SSSR count). The minimum atomic E-state index is -1.18. The Morgan fingerprint density at radius 3 is 2.47 bits per heavy atom. The van der Waals surface area contributed by atoms with Gasteiger partial charge in [0, 0.05) is 11.3 Å². The largest absolute Gasteiger partial charge is 0.390 e. The van der Waals surface area contributed by atoms with Gasteiger partial charge in [-0.3, -0.25) is 4.79 Å². The van der Waals surface area contributed by atoms with Crippen molar-refractivity contribution in [1.82, 2.24) is 0 Å². The minimum Gasteiger partial charge on any atom is -0.390 e. The molecule has 2 saturated carbocycles. The first kappa shape index (κ1) is 24.1. The third-order valence-electron chi connectivity index (χ3n) is 9.75. The van der Waals surface area contributed by atoms with Gasteiger partial charge in [-0.25, -0.2) is 0 Å². The Morgan fingerprint density at radius 2 is 1.81 bits per heavy atom. The van der Waals surface area contributed by atoms with Crippen LogP contribution in [0.3, 0.4) is 0 Å². The van der Waals surface area contributed by atoms with Gasteiger partial charge < -0.3 is 20.4 Å². The van der Waals surface area contributed by atoms with Crippen molar-refractivity contribution in [3.63, 3.8) is 0 Å². The predicted molar refractivity (Wildman–Crippen MR) is 124 cm³/mol. The zero-order chi connectivity index (χ0) is 23.6. The Balaban J connectivity index is 1.66. The fourth-order valence-electron chi connectivity index (χ4n) is 7.73. The summed E-state index contributed by atoms with van der Waals surface area (Å²) in [7, 11) is 0. The van der Waals surface area contributed by atoms with E-state index in [1.54, 1.807) is 13.0 Å². The molecule has 2 fully saturated rings. The number of allylic oxidation sites excluding steroid dienone is 4. The lowest BCUT2D eigenvalue weighted by Gasteiger charge is -2.54. The number of aliphatic hydroxyl groups excluding tert-OH is 3. The van der Waals surface area contributed by atoms with Crippen LogP contribution < -0.4 is 0 Å².